The molecule has 0 saturated heterocycles. The van der Waals surface area contributed by atoms with Gasteiger partial charge in [-0.3, -0.25) is 72.0 Å². The number of fused-ring (bicyclic) bond motifs is 6. The first-order valence-electron chi connectivity index (χ1n) is 49.7. The summed E-state index contributed by atoms with van der Waals surface area (Å²) in [5.41, 5.74) is 46.6. The maximum Gasteiger partial charge on any atom is 0.342 e. The quantitative estimate of drug-likeness (QED) is 0.00706. The third kappa shape index (κ3) is 45.8. The molecule has 47 nitrogen and oxygen atoms in total. The number of halogens is 1. The number of ether oxygens (including phenoxy) is 8. The molecule has 1 saturated carbocycles. The van der Waals surface area contributed by atoms with Crippen LogP contribution in [0.3, 0.4) is 0 Å². The van der Waals surface area contributed by atoms with Crippen LogP contribution in [-0.4, -0.2) is 299 Å². The van der Waals surface area contributed by atoms with Crippen LogP contribution in [-0.2, 0) is 62.7 Å². The zero-order chi connectivity index (χ0) is 104. The van der Waals surface area contributed by atoms with E-state index >= 15 is 28.8 Å². The number of carbonyl (C=O) groups excluding carboxylic acids is 7. The van der Waals surface area contributed by atoms with E-state index in [4.69, 9.17) is 127 Å². The van der Waals surface area contributed by atoms with Crippen molar-refractivity contribution >= 4 is 125 Å². The fourth-order valence-electron chi connectivity index (χ4n) is 17.1. The monoisotopic (exact) mass is 2070 g/mol. The summed E-state index contributed by atoms with van der Waals surface area (Å²) in [6.07, 6.45) is -1.83. The number of hydrogen-bond donors (Lipinski definition) is 27. The number of phenols is 2. The molecule has 0 radical (unpaired) electrons. The third-order valence-corrected chi connectivity index (χ3v) is 24.5. The Kier molecular flexibility index (Phi) is 56.1. The van der Waals surface area contributed by atoms with Crippen molar-refractivity contribution in [2.75, 3.05) is 137 Å². The normalized spacial score (nSPS) is 15.7. The van der Waals surface area contributed by atoms with Gasteiger partial charge in [0.2, 0.25) is 0 Å². The van der Waals surface area contributed by atoms with E-state index in [1.165, 1.54) is 41.9 Å². The predicted molar refractivity (Wildman–Crippen MR) is 558 cm³/mol. The van der Waals surface area contributed by atoms with Crippen molar-refractivity contribution in [1.29, 1.82) is 43.3 Å². The smallest absolute Gasteiger partial charge is 0.342 e. The van der Waals surface area contributed by atoms with Gasteiger partial charge in [0.1, 0.15) is 23.0 Å². The SMILES string of the molecule is Cl.N=C(N)NCCCN(CCCCCC(=O)O[C@@H]1[C@@H](OC(=O)CCCCCN(CCCNC(=N)N)CCCNC(=N)N)[C@H](OC(=O)CCCCCNSC=Nc2cccc3c2C(=O)OC32c3ccc(O)cc3Oc3cc(O)ccc32)[C@@H](OC(=O)c2ccccc2)[C@H](OC(=O)CCCCCN(CCCNC(=N)N)CCCNC(=N)N)[C@H]1OC(=O)CCCCCN(CCCNC(=N)N)CCCNC(=N)N)CCCNC(=N)N. The number of phenolic OH excluding ortho intramolecular Hbond substituents is 2. The van der Waals surface area contributed by atoms with Gasteiger partial charge in [0.15, 0.2) is 89.9 Å². The van der Waals surface area contributed by atoms with E-state index in [2.05, 4.69) is 71.8 Å². The van der Waals surface area contributed by atoms with Crippen LogP contribution in [0.15, 0.2) is 89.9 Å². The second-order valence-electron chi connectivity index (χ2n) is 35.5. The van der Waals surface area contributed by atoms with Crippen LogP contribution >= 0.6 is 24.4 Å². The van der Waals surface area contributed by atoms with Gasteiger partial charge in [-0.05, 0) is 249 Å². The van der Waals surface area contributed by atoms with Gasteiger partial charge in [0.25, 0.3) is 0 Å². The highest BCUT2D eigenvalue weighted by atomic mass is 35.5. The number of aliphatic imine (C=N–C) groups is 1. The lowest BCUT2D eigenvalue weighted by atomic mass is 9.77. The number of nitrogens with one attached hydrogen (secondary N) is 17. The number of aromatic hydroxyl groups is 2. The van der Waals surface area contributed by atoms with Crippen molar-refractivity contribution in [2.45, 2.75) is 222 Å². The molecule has 0 bridgehead atoms. The molecule has 1 spiro atoms. The van der Waals surface area contributed by atoms with Gasteiger partial charge in [-0.1, -0.05) is 62.4 Å². The summed E-state index contributed by atoms with van der Waals surface area (Å²) in [4.78, 5) is 119. The Morgan fingerprint density at radius 1 is 0.352 bits per heavy atom. The maximum atomic E-state index is 15.2. The number of nitrogens with two attached hydrogens (primary N) is 8. The summed E-state index contributed by atoms with van der Waals surface area (Å²) in [5.74, 6) is -7.19. The minimum Gasteiger partial charge on any atom is -0.508 e. The Morgan fingerprint density at radius 2 is 0.634 bits per heavy atom. The van der Waals surface area contributed by atoms with Crippen LogP contribution < -0.4 is 97.9 Å². The van der Waals surface area contributed by atoms with E-state index in [0.29, 0.717) is 275 Å². The highest BCUT2D eigenvalue weighted by Gasteiger charge is 2.62. The molecule has 7 rings (SSSR count). The lowest BCUT2D eigenvalue weighted by Gasteiger charge is -2.47. The molecule has 145 heavy (non-hydrogen) atoms. The number of rotatable bonds is 72. The Hall–Kier alpha value is -13.2. The second-order valence-corrected chi connectivity index (χ2v) is 36.2. The largest absolute Gasteiger partial charge is 0.508 e. The first kappa shape index (κ1) is 121. The zero-order valence-corrected chi connectivity index (χ0v) is 84.6. The van der Waals surface area contributed by atoms with Crippen molar-refractivity contribution in [3.63, 3.8) is 0 Å². The summed E-state index contributed by atoms with van der Waals surface area (Å²) < 4.78 is 55.2. The van der Waals surface area contributed by atoms with Crippen molar-refractivity contribution in [3.05, 3.63) is 113 Å². The van der Waals surface area contributed by atoms with Gasteiger partial charge in [0, 0.05) is 120 Å². The predicted octanol–water partition coefficient (Wildman–Crippen LogP) is 4.78. The minimum absolute atomic E-state index is 0. The summed E-state index contributed by atoms with van der Waals surface area (Å²) in [6, 6.07) is 21.9. The van der Waals surface area contributed by atoms with E-state index in [1.54, 1.807) is 48.5 Å². The van der Waals surface area contributed by atoms with Crippen LogP contribution in [0, 0.1) is 43.3 Å². The standard InChI is InChI=1S/C96H154N30O17S.ClH/c97-88(98)113-41-20-54-123(55-21-42-114-89(99)100)50-15-3-10-33-75(130)137-80-81(138-76(131)34-11-4-16-51-124(56-22-43-115-90(101)102)57-23-44-116-91(103)104)83(140-74(129)32-9-2-14-49-122-144-64-121-71-31-19-30-70-79(71)87(135)143-96(70)68-39-37-66(127)62-72(68)136-73-63-67(128)38-40-69(73)96)85(142-86(134)65-28-7-1-8-29-65)84(141-78(133)36-13-6-18-53-126(60-26-47-119-94(109)110)61-27-48-120-95(111)112)82(80)139-77(132)35-12-5-17-52-125(58-24-45-117-92(105)106)59-25-46-118-93(107)108;/h1,7-8,19,28-31,37-40,62-64,80-85,122,127-128H,2-6,9-18,20-27,32-36,41-61H2,(H4,97,98,113)(H4,99,100,114)(H4,101,102,115)(H4,103,104,116)(H4,105,106,117)(H4,107,108,118)(H4,109,110,119)(H4,111,112,120);1H/t80-,81-,82+,83+,84-,85-;/m1./s1. The number of hydrogen-bond acceptors (Lipinski definition) is 32. The second kappa shape index (κ2) is 67.4. The topological polar surface area (TPSA) is 766 Å². The van der Waals surface area contributed by atoms with Gasteiger partial charge in [-0.2, -0.15) is 0 Å². The number of esters is 7. The summed E-state index contributed by atoms with van der Waals surface area (Å²) in [5, 5.41) is 105. The van der Waals surface area contributed by atoms with Gasteiger partial charge >= 0.3 is 41.8 Å². The number of benzene rings is 4. The zero-order valence-electron chi connectivity index (χ0n) is 83.0. The maximum absolute atomic E-state index is 15.2. The summed E-state index contributed by atoms with van der Waals surface area (Å²) in [7, 11) is 0. The Labute approximate surface area is 858 Å². The molecule has 35 N–H and O–H groups in total. The Bertz CT molecular complexity index is 4670. The lowest BCUT2D eigenvalue weighted by Crippen LogP contribution is -2.69. The first-order valence-corrected chi connectivity index (χ1v) is 50.6. The molecule has 6 atom stereocenters. The van der Waals surface area contributed by atoms with Crippen LogP contribution in [0.25, 0.3) is 0 Å². The van der Waals surface area contributed by atoms with Crippen molar-refractivity contribution in [2.24, 2.45) is 50.9 Å². The number of unbranched alkanes of at least 4 members (excludes halogenated alkanes) is 10. The molecule has 804 valence electrons. The molecule has 0 aromatic heterocycles. The molecule has 4 aromatic rings. The van der Waals surface area contributed by atoms with Gasteiger partial charge in [-0.25, -0.2) is 14.6 Å². The van der Waals surface area contributed by atoms with Crippen molar-refractivity contribution in [3.8, 4) is 23.0 Å². The molecule has 3 aliphatic rings. The van der Waals surface area contributed by atoms with Gasteiger partial charge in [-0.15, -0.1) is 12.4 Å². The molecule has 2 aliphatic heterocycles. The summed E-state index contributed by atoms with van der Waals surface area (Å²) in [6.45, 7) is 11.2. The molecule has 1 fully saturated rings. The molecular formula is C96H155ClN30O17S. The van der Waals surface area contributed by atoms with Crippen molar-refractivity contribution in [1.82, 2.24) is 66.9 Å². The van der Waals surface area contributed by atoms with Crippen LogP contribution in [0.4, 0.5) is 5.69 Å². The van der Waals surface area contributed by atoms with E-state index in [9.17, 15) is 15.0 Å². The molecule has 49 heteroatoms. The summed E-state index contributed by atoms with van der Waals surface area (Å²) >= 11 is 1.13. The Balaban J connectivity index is 0.0000321. The van der Waals surface area contributed by atoms with Crippen LogP contribution in [0.5, 0.6) is 23.0 Å². The van der Waals surface area contributed by atoms with E-state index in [-0.39, 0.29) is 158 Å². The first-order chi connectivity index (χ1) is 69.3. The van der Waals surface area contributed by atoms with Crippen LogP contribution in [0.2, 0.25) is 0 Å². The lowest BCUT2D eigenvalue weighted by molar-refractivity contribution is -0.257. The number of carbonyl (C=O) groups is 7. The molecule has 4 aromatic carbocycles. The van der Waals surface area contributed by atoms with E-state index in [0.717, 1.165) is 11.9 Å². The van der Waals surface area contributed by atoms with Gasteiger partial charge in [0.05, 0.1) is 22.4 Å². The van der Waals surface area contributed by atoms with Gasteiger partial charge < -0.3 is 156 Å². The third-order valence-electron chi connectivity index (χ3n) is 24.0. The van der Waals surface area contributed by atoms with E-state index in [1.807, 2.05) is 0 Å². The Morgan fingerprint density at radius 3 is 0.931 bits per heavy atom. The van der Waals surface area contributed by atoms with Crippen molar-refractivity contribution < 1.29 is 81.7 Å². The highest BCUT2D eigenvalue weighted by Crippen LogP contribution is 2.58. The molecule has 0 unspecified atom stereocenters. The molecule has 1 aliphatic carbocycles. The number of guanidine groups is 8. The minimum atomic E-state index is -1.99. The number of nitrogens with zero attached hydrogens (tertiary/aromatic N) is 5. The van der Waals surface area contributed by atoms with Crippen LogP contribution in [0.1, 0.15) is 217 Å². The fourth-order valence-corrected chi connectivity index (χ4v) is 17.6. The fraction of sp³-hybridized carbons (Fsp3) is 0.583. The molecular weight excluding hydrogens is 1910 g/mol. The molecule has 2 heterocycles. The highest BCUT2D eigenvalue weighted by molar-refractivity contribution is 8.10. The van der Waals surface area contributed by atoms with E-state index < -0.39 is 84.0 Å². The molecule has 0 amide bonds. The average molecular weight is 2070 g/mol. The average Bonchev–Trinajstić information content (AvgIpc) is 1.55.